The van der Waals surface area contributed by atoms with Crippen LogP contribution in [0.1, 0.15) is 168 Å². The Morgan fingerprint density at radius 2 is 0.947 bits per heavy atom. The number of ether oxygens (including phenoxy) is 2. The Bertz CT molecular complexity index is 1150. The highest BCUT2D eigenvalue weighted by atomic mass is 31.2. The molecule has 8 atom stereocenters. The Morgan fingerprint density at radius 1 is 0.544 bits per heavy atom. The van der Waals surface area contributed by atoms with Crippen molar-refractivity contribution >= 4 is 19.8 Å². The number of allylic oxidation sites excluding steroid dienone is 6. The summed E-state index contributed by atoms with van der Waals surface area (Å²) in [6.07, 6.45) is 23.4. The second-order valence-electron chi connectivity index (χ2n) is 15.2. The third kappa shape index (κ3) is 26.7. The summed E-state index contributed by atoms with van der Waals surface area (Å²) in [5.74, 6) is -1.13. The van der Waals surface area contributed by atoms with Crippen molar-refractivity contribution in [3.8, 4) is 0 Å². The highest BCUT2D eigenvalue weighted by Crippen LogP contribution is 2.47. The van der Waals surface area contributed by atoms with E-state index in [0.717, 1.165) is 77.0 Å². The molecule has 1 aliphatic rings. The number of unbranched alkanes of at least 4 members (excludes halogenated alkanes) is 18. The maximum absolute atomic E-state index is 12.8. The van der Waals surface area contributed by atoms with Crippen LogP contribution in [0.3, 0.4) is 0 Å². The summed E-state index contributed by atoms with van der Waals surface area (Å²) < 4.78 is 33.4. The van der Waals surface area contributed by atoms with Gasteiger partial charge in [-0.15, -0.1) is 0 Å². The number of phosphoric acid groups is 1. The second-order valence-corrected chi connectivity index (χ2v) is 16.6. The standard InChI is InChI=1S/C43H77O13P/c1-3-5-7-9-11-13-15-17-18-20-22-24-26-28-30-32-37(45)55-35(34-54-57(51,52)56-43-41(49)39(47)38(46)40(48)42(43)50)33-53-36(44)31-29-27-25-23-21-19-16-14-12-10-8-6-4-2/h13-18,35,38-43,46-50H,3-12,19-34H2,1-2H3,(H,51,52)/b15-13+,16-14+,18-17+/t35-,38?,39-,40?,41?,42?,43?/m1/s1. The minimum Gasteiger partial charge on any atom is -0.462 e. The van der Waals surface area contributed by atoms with Crippen LogP contribution in [-0.4, -0.2) is 98.3 Å². The molecule has 0 radical (unpaired) electrons. The van der Waals surface area contributed by atoms with Crippen LogP contribution in [0, 0.1) is 0 Å². The third-order valence-corrected chi connectivity index (χ3v) is 11.0. The highest BCUT2D eigenvalue weighted by molar-refractivity contribution is 7.47. The first-order chi connectivity index (χ1) is 27.4. The topological polar surface area (TPSA) is 210 Å². The van der Waals surface area contributed by atoms with Crippen LogP contribution in [0.4, 0.5) is 0 Å². The molecule has 0 aliphatic heterocycles. The molecule has 6 unspecified atom stereocenters. The predicted molar refractivity (Wildman–Crippen MR) is 221 cm³/mol. The molecule has 6 N–H and O–H groups in total. The molecule has 0 spiro atoms. The lowest BCUT2D eigenvalue weighted by molar-refractivity contribution is -0.220. The normalized spacial score (nSPS) is 23.0. The summed E-state index contributed by atoms with van der Waals surface area (Å²) in [5, 5.41) is 50.0. The van der Waals surface area contributed by atoms with Gasteiger partial charge in [-0.25, -0.2) is 4.57 Å². The number of phosphoric ester groups is 1. The zero-order chi connectivity index (χ0) is 42.2. The van der Waals surface area contributed by atoms with E-state index >= 15 is 0 Å². The molecule has 0 saturated heterocycles. The summed E-state index contributed by atoms with van der Waals surface area (Å²) in [6, 6.07) is 0. The lowest BCUT2D eigenvalue weighted by Crippen LogP contribution is -2.64. The first-order valence-electron chi connectivity index (χ1n) is 21.8. The van der Waals surface area contributed by atoms with Gasteiger partial charge in [0.25, 0.3) is 0 Å². The quantitative estimate of drug-likeness (QED) is 0.0118. The van der Waals surface area contributed by atoms with Crippen LogP contribution in [0.15, 0.2) is 36.5 Å². The Kier molecular flexibility index (Phi) is 31.5. The zero-order valence-corrected chi connectivity index (χ0v) is 35.8. The van der Waals surface area contributed by atoms with Gasteiger partial charge in [0.2, 0.25) is 0 Å². The first kappa shape index (κ1) is 53.1. The molecule has 1 saturated carbocycles. The van der Waals surface area contributed by atoms with E-state index in [4.69, 9.17) is 18.5 Å². The van der Waals surface area contributed by atoms with Gasteiger partial charge in [-0.1, -0.05) is 127 Å². The Labute approximate surface area is 342 Å². The van der Waals surface area contributed by atoms with Crippen LogP contribution in [0.25, 0.3) is 0 Å². The fourth-order valence-electron chi connectivity index (χ4n) is 6.39. The van der Waals surface area contributed by atoms with Crippen LogP contribution in [0.5, 0.6) is 0 Å². The van der Waals surface area contributed by atoms with Gasteiger partial charge in [-0.2, -0.15) is 0 Å². The largest absolute Gasteiger partial charge is 0.472 e. The summed E-state index contributed by atoms with van der Waals surface area (Å²) >= 11 is 0. The van der Waals surface area contributed by atoms with Crippen molar-refractivity contribution in [1.82, 2.24) is 0 Å². The van der Waals surface area contributed by atoms with Crippen molar-refractivity contribution in [3.05, 3.63) is 36.5 Å². The monoisotopic (exact) mass is 833 g/mol. The van der Waals surface area contributed by atoms with Gasteiger partial charge >= 0.3 is 19.8 Å². The predicted octanol–water partition coefficient (Wildman–Crippen LogP) is 7.83. The Hall–Kier alpha value is -1.93. The van der Waals surface area contributed by atoms with Gasteiger partial charge in [0.05, 0.1) is 6.61 Å². The number of aliphatic hydroxyl groups excluding tert-OH is 5. The molecule has 332 valence electrons. The molecule has 0 amide bonds. The lowest BCUT2D eigenvalue weighted by Gasteiger charge is -2.41. The lowest BCUT2D eigenvalue weighted by atomic mass is 9.85. The molecule has 1 rings (SSSR count). The molecular formula is C43H77O13P. The van der Waals surface area contributed by atoms with E-state index in [0.29, 0.717) is 12.8 Å². The number of carbonyl (C=O) groups is 2. The molecule has 13 nitrogen and oxygen atoms in total. The van der Waals surface area contributed by atoms with Crippen molar-refractivity contribution in [1.29, 1.82) is 0 Å². The molecule has 57 heavy (non-hydrogen) atoms. The summed E-state index contributed by atoms with van der Waals surface area (Å²) in [5.41, 5.74) is 0. The molecule has 14 heteroatoms. The van der Waals surface area contributed by atoms with Gasteiger partial charge in [-0.3, -0.25) is 18.6 Å². The maximum atomic E-state index is 12.8. The van der Waals surface area contributed by atoms with Gasteiger partial charge < -0.3 is 39.9 Å². The van der Waals surface area contributed by atoms with Crippen molar-refractivity contribution in [2.45, 2.75) is 211 Å². The average Bonchev–Trinajstić information content (AvgIpc) is 3.19. The van der Waals surface area contributed by atoms with E-state index in [9.17, 15) is 44.6 Å². The fourth-order valence-corrected chi connectivity index (χ4v) is 7.36. The van der Waals surface area contributed by atoms with E-state index in [1.807, 2.05) is 0 Å². The van der Waals surface area contributed by atoms with Gasteiger partial charge in [0, 0.05) is 12.8 Å². The van der Waals surface area contributed by atoms with Crippen LogP contribution in [0.2, 0.25) is 0 Å². The Balaban J connectivity index is 2.51. The van der Waals surface area contributed by atoms with Crippen molar-refractivity contribution < 1.29 is 63.1 Å². The van der Waals surface area contributed by atoms with E-state index in [1.54, 1.807) is 0 Å². The SMILES string of the molecule is CCCCCC/C=C/C=C/CCCCCCCC(=O)O[C@H](COC(=O)CCCCCCC/C=C/CCCCCC)COP(=O)(O)OC1C(O)C(O)C(O)[C@@H](O)C1O. The molecule has 0 bridgehead atoms. The number of rotatable bonds is 35. The summed E-state index contributed by atoms with van der Waals surface area (Å²) in [4.78, 5) is 35.6. The number of hydrogen-bond donors (Lipinski definition) is 6. The molecule has 1 fully saturated rings. The van der Waals surface area contributed by atoms with E-state index in [2.05, 4.69) is 50.3 Å². The molecule has 0 aromatic carbocycles. The number of hydrogen-bond acceptors (Lipinski definition) is 12. The van der Waals surface area contributed by atoms with Crippen LogP contribution in [-0.2, 0) is 32.7 Å². The van der Waals surface area contributed by atoms with Gasteiger partial charge in [-0.05, 0) is 64.2 Å². The minimum absolute atomic E-state index is 0.0774. The zero-order valence-electron chi connectivity index (χ0n) is 34.9. The van der Waals surface area contributed by atoms with Crippen molar-refractivity contribution in [3.63, 3.8) is 0 Å². The number of aliphatic hydroxyl groups is 5. The smallest absolute Gasteiger partial charge is 0.462 e. The first-order valence-corrected chi connectivity index (χ1v) is 23.3. The van der Waals surface area contributed by atoms with E-state index in [1.165, 1.54) is 51.4 Å². The van der Waals surface area contributed by atoms with E-state index < -0.39 is 75.7 Å². The molecule has 0 heterocycles. The van der Waals surface area contributed by atoms with Gasteiger partial charge in [0.15, 0.2) is 6.10 Å². The minimum atomic E-state index is -5.12. The molecule has 0 aromatic heterocycles. The Morgan fingerprint density at radius 3 is 1.44 bits per heavy atom. The molecule has 0 aromatic rings. The third-order valence-electron chi connectivity index (χ3n) is 9.98. The summed E-state index contributed by atoms with van der Waals surface area (Å²) in [6.45, 7) is 3.22. The molecule has 1 aliphatic carbocycles. The maximum Gasteiger partial charge on any atom is 0.472 e. The number of carbonyl (C=O) groups excluding carboxylic acids is 2. The van der Waals surface area contributed by atoms with E-state index in [-0.39, 0.29) is 12.8 Å². The van der Waals surface area contributed by atoms with Crippen molar-refractivity contribution in [2.24, 2.45) is 0 Å². The fraction of sp³-hybridized carbons (Fsp3) is 0.814. The van der Waals surface area contributed by atoms with Crippen LogP contribution < -0.4 is 0 Å². The van der Waals surface area contributed by atoms with Gasteiger partial charge in [0.1, 0.15) is 43.2 Å². The summed E-state index contributed by atoms with van der Waals surface area (Å²) in [7, 11) is -5.12. The number of esters is 2. The highest BCUT2D eigenvalue weighted by Gasteiger charge is 2.51. The second kappa shape index (κ2) is 33.9. The van der Waals surface area contributed by atoms with Crippen LogP contribution >= 0.6 is 7.82 Å². The average molecular weight is 833 g/mol. The molecular weight excluding hydrogens is 755 g/mol. The van der Waals surface area contributed by atoms with Crippen molar-refractivity contribution in [2.75, 3.05) is 13.2 Å².